The predicted molar refractivity (Wildman–Crippen MR) is 66.3 cm³/mol. The number of halogens is 1. The maximum absolute atomic E-state index is 11.5. The number of alkyl halides is 1. The molecule has 1 atom stereocenters. The van der Waals surface area contributed by atoms with E-state index in [0.29, 0.717) is 25.3 Å². The van der Waals surface area contributed by atoms with Gasteiger partial charge in [-0.15, -0.1) is 11.6 Å². The first-order valence-corrected chi connectivity index (χ1v) is 6.04. The first kappa shape index (κ1) is 15.8. The van der Waals surface area contributed by atoms with Crippen molar-refractivity contribution in [1.82, 2.24) is 10.6 Å². The molecule has 96 valence electrons. The van der Waals surface area contributed by atoms with Crippen LogP contribution in [0.1, 0.15) is 19.8 Å². The standard InChI is InChI=1S/C11H18ClN3O2/c1-2-10(8-16)15-7-9(6-13)11(17)14-5-3-4-12/h7,10,15-16H,2-5,8H2,1H3,(H,14,17)/b9-7-. The van der Waals surface area contributed by atoms with Gasteiger partial charge in [0.05, 0.1) is 6.61 Å². The van der Waals surface area contributed by atoms with Crippen LogP contribution < -0.4 is 10.6 Å². The molecule has 5 nitrogen and oxygen atoms in total. The molecule has 0 spiro atoms. The highest BCUT2D eigenvalue weighted by Gasteiger charge is 2.09. The van der Waals surface area contributed by atoms with E-state index in [1.54, 1.807) is 6.07 Å². The van der Waals surface area contributed by atoms with Crippen molar-refractivity contribution in [1.29, 1.82) is 5.26 Å². The van der Waals surface area contributed by atoms with Crippen molar-refractivity contribution in [3.8, 4) is 6.07 Å². The van der Waals surface area contributed by atoms with Gasteiger partial charge in [-0.3, -0.25) is 4.79 Å². The van der Waals surface area contributed by atoms with Crippen LogP contribution in [0.25, 0.3) is 0 Å². The summed E-state index contributed by atoms with van der Waals surface area (Å²) in [6.07, 6.45) is 2.70. The Bertz CT molecular complexity index is 296. The number of rotatable bonds is 8. The maximum atomic E-state index is 11.5. The van der Waals surface area contributed by atoms with Crippen LogP contribution >= 0.6 is 11.6 Å². The molecule has 0 fully saturated rings. The van der Waals surface area contributed by atoms with Gasteiger partial charge in [-0.2, -0.15) is 5.26 Å². The van der Waals surface area contributed by atoms with E-state index in [1.165, 1.54) is 6.20 Å². The summed E-state index contributed by atoms with van der Waals surface area (Å²) in [6.45, 7) is 2.30. The Morgan fingerprint density at radius 3 is 2.82 bits per heavy atom. The Kier molecular flexibility index (Phi) is 9.21. The maximum Gasteiger partial charge on any atom is 0.263 e. The number of amides is 1. The molecule has 0 aliphatic carbocycles. The van der Waals surface area contributed by atoms with Crippen LogP contribution in [-0.2, 0) is 4.79 Å². The monoisotopic (exact) mass is 259 g/mol. The smallest absolute Gasteiger partial charge is 0.263 e. The molecule has 0 radical (unpaired) electrons. The van der Waals surface area contributed by atoms with Crippen molar-refractivity contribution >= 4 is 17.5 Å². The fraction of sp³-hybridized carbons (Fsp3) is 0.636. The molecule has 3 N–H and O–H groups in total. The summed E-state index contributed by atoms with van der Waals surface area (Å²) in [4.78, 5) is 11.5. The number of hydrogen-bond acceptors (Lipinski definition) is 4. The SMILES string of the molecule is CCC(CO)N/C=C(/C#N)C(=O)NCCCCl. The number of nitrogens with zero attached hydrogens (tertiary/aromatic N) is 1. The van der Waals surface area contributed by atoms with E-state index in [4.69, 9.17) is 22.0 Å². The van der Waals surface area contributed by atoms with Gasteiger partial charge in [0.15, 0.2) is 0 Å². The van der Waals surface area contributed by atoms with Gasteiger partial charge in [-0.1, -0.05) is 6.92 Å². The third-order valence-corrected chi connectivity index (χ3v) is 2.40. The molecule has 0 aromatic rings. The molecule has 1 amide bonds. The van der Waals surface area contributed by atoms with Crippen LogP contribution in [0.15, 0.2) is 11.8 Å². The molecular weight excluding hydrogens is 242 g/mol. The molecule has 0 aromatic heterocycles. The summed E-state index contributed by atoms with van der Waals surface area (Å²) in [5.74, 6) is 0.0323. The third kappa shape index (κ3) is 6.82. The highest BCUT2D eigenvalue weighted by Crippen LogP contribution is 1.94. The second-order valence-corrected chi connectivity index (χ2v) is 3.80. The van der Waals surface area contributed by atoms with E-state index in [1.807, 2.05) is 6.92 Å². The van der Waals surface area contributed by atoms with Gasteiger partial charge in [-0.25, -0.2) is 0 Å². The van der Waals surface area contributed by atoms with Crippen molar-refractivity contribution in [2.45, 2.75) is 25.8 Å². The normalized spacial score (nSPS) is 12.7. The van der Waals surface area contributed by atoms with Gasteiger partial charge in [0.1, 0.15) is 11.6 Å². The first-order valence-electron chi connectivity index (χ1n) is 5.50. The number of aliphatic hydroxyl groups is 1. The minimum Gasteiger partial charge on any atom is -0.394 e. The van der Waals surface area contributed by atoms with Gasteiger partial charge >= 0.3 is 0 Å². The van der Waals surface area contributed by atoms with Crippen molar-refractivity contribution < 1.29 is 9.90 Å². The van der Waals surface area contributed by atoms with Gasteiger partial charge in [0.2, 0.25) is 0 Å². The lowest BCUT2D eigenvalue weighted by molar-refractivity contribution is -0.117. The van der Waals surface area contributed by atoms with Crippen molar-refractivity contribution in [3.05, 3.63) is 11.8 Å². The fourth-order valence-electron chi connectivity index (χ4n) is 1.01. The van der Waals surface area contributed by atoms with E-state index in [0.717, 1.165) is 0 Å². The summed E-state index contributed by atoms with van der Waals surface area (Å²) in [7, 11) is 0. The number of aliphatic hydroxyl groups excluding tert-OH is 1. The van der Waals surface area contributed by atoms with Gasteiger partial charge in [0.25, 0.3) is 5.91 Å². The number of nitriles is 1. The summed E-state index contributed by atoms with van der Waals surface area (Å²) in [5, 5.41) is 23.1. The minimum absolute atomic E-state index is 0.00790. The van der Waals surface area contributed by atoms with Crippen LogP contribution in [-0.4, -0.2) is 36.1 Å². The van der Waals surface area contributed by atoms with E-state index >= 15 is 0 Å². The average molecular weight is 260 g/mol. The Labute approximate surface area is 106 Å². The minimum atomic E-state index is -0.432. The molecule has 17 heavy (non-hydrogen) atoms. The van der Waals surface area contributed by atoms with Crippen LogP contribution in [0.2, 0.25) is 0 Å². The van der Waals surface area contributed by atoms with Gasteiger partial charge in [-0.05, 0) is 12.8 Å². The van der Waals surface area contributed by atoms with E-state index in [2.05, 4.69) is 10.6 Å². The highest BCUT2D eigenvalue weighted by atomic mass is 35.5. The molecule has 0 aliphatic heterocycles. The molecule has 0 saturated heterocycles. The van der Waals surface area contributed by atoms with E-state index < -0.39 is 5.91 Å². The summed E-state index contributed by atoms with van der Waals surface area (Å²) >= 11 is 5.47. The lowest BCUT2D eigenvalue weighted by atomic mass is 10.2. The Balaban J connectivity index is 4.25. The quantitative estimate of drug-likeness (QED) is 0.256. The summed E-state index contributed by atoms with van der Waals surface area (Å²) < 4.78 is 0. The van der Waals surface area contributed by atoms with Gasteiger partial charge in [0, 0.05) is 24.7 Å². The molecule has 6 heteroatoms. The predicted octanol–water partition coefficient (Wildman–Crippen LogP) is 0.499. The lowest BCUT2D eigenvalue weighted by Gasteiger charge is -2.11. The fourth-order valence-corrected chi connectivity index (χ4v) is 1.15. The molecule has 0 aromatic carbocycles. The molecule has 0 bridgehead atoms. The molecule has 0 heterocycles. The number of carbonyl (C=O) groups excluding carboxylic acids is 1. The average Bonchev–Trinajstić information content (AvgIpc) is 2.35. The Hall–Kier alpha value is -1.25. The summed E-state index contributed by atoms with van der Waals surface area (Å²) in [5.41, 5.74) is -0.00790. The van der Waals surface area contributed by atoms with Crippen molar-refractivity contribution in [3.63, 3.8) is 0 Å². The Morgan fingerprint density at radius 2 is 2.35 bits per heavy atom. The third-order valence-electron chi connectivity index (χ3n) is 2.14. The number of hydrogen-bond donors (Lipinski definition) is 3. The Morgan fingerprint density at radius 1 is 1.65 bits per heavy atom. The number of carbonyl (C=O) groups is 1. The van der Waals surface area contributed by atoms with Gasteiger partial charge < -0.3 is 15.7 Å². The molecule has 0 saturated carbocycles. The zero-order chi connectivity index (χ0) is 13.1. The largest absolute Gasteiger partial charge is 0.394 e. The van der Waals surface area contributed by atoms with E-state index in [-0.39, 0.29) is 18.2 Å². The zero-order valence-electron chi connectivity index (χ0n) is 9.87. The van der Waals surface area contributed by atoms with Crippen LogP contribution in [0.3, 0.4) is 0 Å². The van der Waals surface area contributed by atoms with Crippen molar-refractivity contribution in [2.75, 3.05) is 19.0 Å². The molecule has 0 rings (SSSR count). The van der Waals surface area contributed by atoms with E-state index in [9.17, 15) is 4.79 Å². The zero-order valence-corrected chi connectivity index (χ0v) is 10.6. The molecule has 1 unspecified atom stereocenters. The summed E-state index contributed by atoms with van der Waals surface area (Å²) in [6, 6.07) is 1.66. The topological polar surface area (TPSA) is 85.2 Å². The van der Waals surface area contributed by atoms with Crippen LogP contribution in [0, 0.1) is 11.3 Å². The number of nitrogens with one attached hydrogen (secondary N) is 2. The van der Waals surface area contributed by atoms with Crippen molar-refractivity contribution in [2.24, 2.45) is 0 Å². The second kappa shape index (κ2) is 9.94. The van der Waals surface area contributed by atoms with Crippen LogP contribution in [0.4, 0.5) is 0 Å². The first-order chi connectivity index (χ1) is 8.19. The second-order valence-electron chi connectivity index (χ2n) is 3.42. The molecular formula is C11H18ClN3O2. The van der Waals surface area contributed by atoms with Crippen LogP contribution in [0.5, 0.6) is 0 Å². The lowest BCUT2D eigenvalue weighted by Crippen LogP contribution is -2.30. The molecule has 0 aliphatic rings. The highest BCUT2D eigenvalue weighted by molar-refractivity contribution is 6.17.